The highest BCUT2D eigenvalue weighted by Gasteiger charge is 2.21. The summed E-state index contributed by atoms with van der Waals surface area (Å²) in [6.45, 7) is 2.26. The molecule has 5 nitrogen and oxygen atoms in total. The molecule has 0 aliphatic carbocycles. The fraction of sp³-hybridized carbons (Fsp3) is 0.222. The molecule has 0 unspecified atom stereocenters. The van der Waals surface area contributed by atoms with Crippen molar-refractivity contribution in [2.75, 3.05) is 11.9 Å². The molecule has 23 heavy (non-hydrogen) atoms. The first-order valence-corrected chi connectivity index (χ1v) is 7.47. The Morgan fingerprint density at radius 2 is 2.00 bits per heavy atom. The predicted octanol–water partition coefficient (Wildman–Crippen LogP) is 2.94. The summed E-state index contributed by atoms with van der Waals surface area (Å²) in [5.74, 6) is 0.0804. The number of benzene rings is 2. The maximum Gasteiger partial charge on any atom is 0.338 e. The first kappa shape index (κ1) is 15.1. The van der Waals surface area contributed by atoms with Gasteiger partial charge in [-0.3, -0.25) is 4.79 Å². The van der Waals surface area contributed by atoms with E-state index >= 15 is 0 Å². The van der Waals surface area contributed by atoms with Gasteiger partial charge in [-0.15, -0.1) is 0 Å². The molecule has 1 amide bonds. The monoisotopic (exact) mass is 311 g/mol. The SMILES string of the molecule is CCc1ccc(OCC(=O)Nc2ccc3c(c2)COC3=O)cc1. The van der Waals surface area contributed by atoms with Gasteiger partial charge < -0.3 is 14.8 Å². The van der Waals surface area contributed by atoms with Crippen LogP contribution >= 0.6 is 0 Å². The number of nitrogens with one attached hydrogen (secondary N) is 1. The zero-order valence-corrected chi connectivity index (χ0v) is 12.8. The van der Waals surface area contributed by atoms with Crippen LogP contribution in [0.1, 0.15) is 28.4 Å². The minimum Gasteiger partial charge on any atom is -0.484 e. The lowest BCUT2D eigenvalue weighted by molar-refractivity contribution is -0.118. The molecule has 118 valence electrons. The zero-order valence-electron chi connectivity index (χ0n) is 12.8. The van der Waals surface area contributed by atoms with Crippen molar-refractivity contribution in [1.82, 2.24) is 0 Å². The van der Waals surface area contributed by atoms with Crippen molar-refractivity contribution in [3.8, 4) is 5.75 Å². The molecule has 0 aromatic heterocycles. The molecule has 2 aromatic rings. The third kappa shape index (κ3) is 3.51. The molecule has 1 N–H and O–H groups in total. The van der Waals surface area contributed by atoms with E-state index in [0.717, 1.165) is 12.0 Å². The number of rotatable bonds is 5. The lowest BCUT2D eigenvalue weighted by Crippen LogP contribution is -2.20. The number of anilines is 1. The predicted molar refractivity (Wildman–Crippen MR) is 85.5 cm³/mol. The van der Waals surface area contributed by atoms with Crippen LogP contribution in [0.4, 0.5) is 5.69 Å². The molecule has 1 aliphatic heterocycles. The van der Waals surface area contributed by atoms with E-state index in [1.54, 1.807) is 18.2 Å². The Morgan fingerprint density at radius 3 is 2.74 bits per heavy atom. The second-order valence-corrected chi connectivity index (χ2v) is 5.28. The summed E-state index contributed by atoms with van der Waals surface area (Å²) >= 11 is 0. The normalized spacial score (nSPS) is 12.5. The smallest absolute Gasteiger partial charge is 0.338 e. The van der Waals surface area contributed by atoms with Gasteiger partial charge in [0.2, 0.25) is 0 Å². The highest BCUT2D eigenvalue weighted by atomic mass is 16.5. The van der Waals surface area contributed by atoms with E-state index in [-0.39, 0.29) is 25.1 Å². The summed E-state index contributed by atoms with van der Waals surface area (Å²) in [5.41, 5.74) is 3.17. The third-order valence-corrected chi connectivity index (χ3v) is 3.67. The maximum absolute atomic E-state index is 11.9. The van der Waals surface area contributed by atoms with E-state index in [1.807, 2.05) is 24.3 Å². The summed E-state index contributed by atoms with van der Waals surface area (Å²) in [4.78, 5) is 23.3. The van der Waals surface area contributed by atoms with Gasteiger partial charge in [0.1, 0.15) is 12.4 Å². The van der Waals surface area contributed by atoms with Crippen molar-refractivity contribution in [3.63, 3.8) is 0 Å². The molecule has 0 saturated carbocycles. The molecule has 1 aliphatic rings. The number of ether oxygens (including phenoxy) is 2. The van der Waals surface area contributed by atoms with Crippen LogP contribution in [0.2, 0.25) is 0 Å². The number of carbonyl (C=O) groups excluding carboxylic acids is 2. The average Bonchev–Trinajstić information content (AvgIpc) is 2.94. The second-order valence-electron chi connectivity index (χ2n) is 5.28. The van der Waals surface area contributed by atoms with E-state index < -0.39 is 0 Å². The Labute approximate surface area is 134 Å². The molecule has 0 atom stereocenters. The Hall–Kier alpha value is -2.82. The van der Waals surface area contributed by atoms with Gasteiger partial charge in [-0.1, -0.05) is 19.1 Å². The van der Waals surface area contributed by atoms with Crippen LogP contribution in [0.25, 0.3) is 0 Å². The standard InChI is InChI=1S/C18H17NO4/c1-2-12-3-6-15(7-4-12)22-11-17(20)19-14-5-8-16-13(9-14)10-23-18(16)21/h3-9H,2,10-11H2,1H3,(H,19,20). The molecule has 5 heteroatoms. The van der Waals surface area contributed by atoms with Gasteiger partial charge in [0, 0.05) is 11.3 Å². The van der Waals surface area contributed by atoms with Gasteiger partial charge in [0.25, 0.3) is 5.91 Å². The van der Waals surface area contributed by atoms with E-state index in [0.29, 0.717) is 17.0 Å². The van der Waals surface area contributed by atoms with Gasteiger partial charge in [-0.2, -0.15) is 0 Å². The molecular formula is C18H17NO4. The molecule has 0 spiro atoms. The van der Waals surface area contributed by atoms with Gasteiger partial charge in [0.05, 0.1) is 5.56 Å². The van der Waals surface area contributed by atoms with Crippen molar-refractivity contribution in [1.29, 1.82) is 0 Å². The number of esters is 1. The van der Waals surface area contributed by atoms with Crippen molar-refractivity contribution in [2.45, 2.75) is 20.0 Å². The minimum absolute atomic E-state index is 0.0714. The largest absolute Gasteiger partial charge is 0.484 e. The summed E-state index contributed by atoms with van der Waals surface area (Å²) < 4.78 is 10.4. The number of hydrogen-bond acceptors (Lipinski definition) is 4. The molecule has 0 radical (unpaired) electrons. The Morgan fingerprint density at radius 1 is 1.22 bits per heavy atom. The van der Waals surface area contributed by atoms with Gasteiger partial charge >= 0.3 is 5.97 Å². The van der Waals surface area contributed by atoms with Gasteiger partial charge in [-0.25, -0.2) is 4.79 Å². The summed E-state index contributed by atoms with van der Waals surface area (Å²) in [6, 6.07) is 12.7. The maximum atomic E-state index is 11.9. The van der Waals surface area contributed by atoms with Crippen LogP contribution in [-0.2, 0) is 22.6 Å². The summed E-state index contributed by atoms with van der Waals surface area (Å²) in [7, 11) is 0. The molecular weight excluding hydrogens is 294 g/mol. The van der Waals surface area contributed by atoms with E-state index in [4.69, 9.17) is 9.47 Å². The lowest BCUT2D eigenvalue weighted by atomic mass is 10.1. The first-order valence-electron chi connectivity index (χ1n) is 7.47. The number of cyclic esters (lactones) is 1. The molecule has 2 aromatic carbocycles. The Kier molecular flexibility index (Phi) is 4.28. The second kappa shape index (κ2) is 6.52. The lowest BCUT2D eigenvalue weighted by Gasteiger charge is -2.08. The number of amides is 1. The van der Waals surface area contributed by atoms with E-state index in [2.05, 4.69) is 12.2 Å². The van der Waals surface area contributed by atoms with Gasteiger partial charge in [-0.05, 0) is 42.3 Å². The average molecular weight is 311 g/mol. The fourth-order valence-corrected chi connectivity index (χ4v) is 2.38. The number of aryl methyl sites for hydroxylation is 1. The molecule has 3 rings (SSSR count). The number of hydrogen-bond donors (Lipinski definition) is 1. The summed E-state index contributed by atoms with van der Waals surface area (Å²) in [6.07, 6.45) is 0.964. The van der Waals surface area contributed by atoms with Crippen molar-refractivity contribution >= 4 is 17.6 Å². The fourth-order valence-electron chi connectivity index (χ4n) is 2.38. The van der Waals surface area contributed by atoms with Crippen LogP contribution in [0.5, 0.6) is 5.75 Å². The van der Waals surface area contributed by atoms with Crippen molar-refractivity contribution in [2.24, 2.45) is 0 Å². The van der Waals surface area contributed by atoms with Crippen LogP contribution in [0, 0.1) is 0 Å². The Bertz CT molecular complexity index is 737. The molecule has 0 fully saturated rings. The molecule has 0 bridgehead atoms. The first-order chi connectivity index (χ1) is 11.2. The van der Waals surface area contributed by atoms with E-state index in [1.165, 1.54) is 5.56 Å². The van der Waals surface area contributed by atoms with Crippen LogP contribution < -0.4 is 10.1 Å². The number of fused-ring (bicyclic) bond motifs is 1. The van der Waals surface area contributed by atoms with Crippen molar-refractivity contribution < 1.29 is 19.1 Å². The molecule has 1 heterocycles. The summed E-state index contributed by atoms with van der Waals surface area (Å²) in [5, 5.41) is 2.75. The van der Waals surface area contributed by atoms with Crippen LogP contribution in [0.15, 0.2) is 42.5 Å². The quantitative estimate of drug-likeness (QED) is 0.862. The number of carbonyl (C=O) groups is 2. The topological polar surface area (TPSA) is 64.6 Å². The van der Waals surface area contributed by atoms with Gasteiger partial charge in [0.15, 0.2) is 6.61 Å². The van der Waals surface area contributed by atoms with Crippen LogP contribution in [-0.4, -0.2) is 18.5 Å². The highest BCUT2D eigenvalue weighted by Crippen LogP contribution is 2.23. The van der Waals surface area contributed by atoms with Crippen LogP contribution in [0.3, 0.4) is 0 Å². The highest BCUT2D eigenvalue weighted by molar-refractivity contribution is 5.96. The van der Waals surface area contributed by atoms with Crippen molar-refractivity contribution in [3.05, 3.63) is 59.2 Å². The minimum atomic E-state index is -0.322. The Balaban J connectivity index is 1.56. The molecule has 0 saturated heterocycles. The van der Waals surface area contributed by atoms with E-state index in [9.17, 15) is 9.59 Å². The zero-order chi connectivity index (χ0) is 16.2. The third-order valence-electron chi connectivity index (χ3n) is 3.67.